The Morgan fingerprint density at radius 2 is 1.68 bits per heavy atom. The highest BCUT2D eigenvalue weighted by Crippen LogP contribution is 2.32. The van der Waals surface area contributed by atoms with Crippen LogP contribution in [0.2, 0.25) is 0 Å². The predicted molar refractivity (Wildman–Crippen MR) is 97.3 cm³/mol. The Kier molecular flexibility index (Phi) is 5.77. The zero-order valence-electron chi connectivity index (χ0n) is 15.1. The number of nitrogens with zero attached hydrogens (tertiary/aromatic N) is 1. The number of carbonyl (C=O) groups excluding carboxylic acids is 1. The number of carboxylic acids is 1. The molecule has 2 aliphatic carbocycles. The van der Waals surface area contributed by atoms with Gasteiger partial charge in [0.2, 0.25) is 5.91 Å². The third-order valence-electron chi connectivity index (χ3n) is 5.93. The molecule has 0 bridgehead atoms. The van der Waals surface area contributed by atoms with E-state index in [2.05, 4.69) is 36.1 Å². The number of carboxylic acid groups (broad SMARTS) is 1. The summed E-state index contributed by atoms with van der Waals surface area (Å²) in [5, 5.41) is 9.16. The fourth-order valence-corrected chi connectivity index (χ4v) is 4.48. The maximum absolute atomic E-state index is 13.2. The van der Waals surface area contributed by atoms with Crippen molar-refractivity contribution >= 4 is 11.9 Å². The number of hydrogen-bond donors (Lipinski definition) is 1. The van der Waals surface area contributed by atoms with Crippen LogP contribution >= 0.6 is 0 Å². The average Bonchev–Trinajstić information content (AvgIpc) is 2.65. The Morgan fingerprint density at radius 3 is 2.32 bits per heavy atom. The minimum atomic E-state index is -0.708. The summed E-state index contributed by atoms with van der Waals surface area (Å²) >= 11 is 0. The molecule has 136 valence electrons. The van der Waals surface area contributed by atoms with Crippen molar-refractivity contribution in [2.45, 2.75) is 64.3 Å². The molecule has 1 aromatic carbocycles. The first-order valence-electron chi connectivity index (χ1n) is 9.70. The molecule has 1 amide bonds. The van der Waals surface area contributed by atoms with Crippen LogP contribution in [0.3, 0.4) is 0 Å². The molecule has 1 saturated carbocycles. The molecule has 4 nitrogen and oxygen atoms in total. The third-order valence-corrected chi connectivity index (χ3v) is 5.93. The highest BCUT2D eigenvalue weighted by molar-refractivity contribution is 5.80. The van der Waals surface area contributed by atoms with Crippen molar-refractivity contribution in [2.24, 2.45) is 11.8 Å². The van der Waals surface area contributed by atoms with Crippen LogP contribution in [0, 0.1) is 11.8 Å². The van der Waals surface area contributed by atoms with Crippen molar-refractivity contribution in [2.75, 3.05) is 6.54 Å². The van der Waals surface area contributed by atoms with Crippen LogP contribution in [0.4, 0.5) is 0 Å². The van der Waals surface area contributed by atoms with Gasteiger partial charge in [-0.15, -0.1) is 0 Å². The van der Waals surface area contributed by atoms with Gasteiger partial charge in [-0.25, -0.2) is 0 Å². The van der Waals surface area contributed by atoms with Crippen LogP contribution in [0.25, 0.3) is 0 Å². The van der Waals surface area contributed by atoms with Crippen LogP contribution in [-0.4, -0.2) is 34.5 Å². The second kappa shape index (κ2) is 8.03. The monoisotopic (exact) mass is 343 g/mol. The number of fused-ring (bicyclic) bond motifs is 1. The molecular weight excluding hydrogens is 314 g/mol. The van der Waals surface area contributed by atoms with Gasteiger partial charge in [-0.3, -0.25) is 9.59 Å². The molecule has 3 rings (SSSR count). The molecule has 1 atom stereocenters. The van der Waals surface area contributed by atoms with E-state index < -0.39 is 5.97 Å². The standard InChI is InChI=1S/C21H29NO3/c1-2-13-22(19-12-11-15-5-3-4-6-18(15)14-19)20(23)16-7-9-17(10-8-16)21(24)25/h3-6,16-17,19H,2,7-14H2,1H3,(H,24,25). The minimum absolute atomic E-state index is 0.0133. The van der Waals surface area contributed by atoms with Crippen LogP contribution in [0.5, 0.6) is 0 Å². The van der Waals surface area contributed by atoms with Crippen LogP contribution in [0.15, 0.2) is 24.3 Å². The first-order chi connectivity index (χ1) is 12.1. The van der Waals surface area contributed by atoms with Crippen molar-refractivity contribution in [3.05, 3.63) is 35.4 Å². The summed E-state index contributed by atoms with van der Waals surface area (Å²) in [6.45, 7) is 2.93. The predicted octanol–water partition coefficient (Wildman–Crippen LogP) is 3.67. The topological polar surface area (TPSA) is 57.6 Å². The summed E-state index contributed by atoms with van der Waals surface area (Å²) in [5.74, 6) is -0.695. The lowest BCUT2D eigenvalue weighted by Gasteiger charge is -2.38. The second-order valence-corrected chi connectivity index (χ2v) is 7.58. The molecular formula is C21H29NO3. The van der Waals surface area contributed by atoms with E-state index in [4.69, 9.17) is 5.11 Å². The molecule has 2 aliphatic rings. The second-order valence-electron chi connectivity index (χ2n) is 7.58. The molecule has 25 heavy (non-hydrogen) atoms. The maximum Gasteiger partial charge on any atom is 0.306 e. The van der Waals surface area contributed by atoms with Gasteiger partial charge in [0.1, 0.15) is 0 Å². The number of aliphatic carboxylic acids is 1. The first kappa shape index (κ1) is 18.0. The van der Waals surface area contributed by atoms with Crippen LogP contribution in [0.1, 0.15) is 56.6 Å². The number of benzene rings is 1. The van der Waals surface area contributed by atoms with Crippen molar-refractivity contribution < 1.29 is 14.7 Å². The maximum atomic E-state index is 13.2. The Hall–Kier alpha value is -1.84. The number of hydrogen-bond acceptors (Lipinski definition) is 2. The summed E-state index contributed by atoms with van der Waals surface area (Å²) in [5.41, 5.74) is 2.80. The molecule has 0 aliphatic heterocycles. The lowest BCUT2D eigenvalue weighted by Crippen LogP contribution is -2.47. The molecule has 1 fully saturated rings. The van der Waals surface area contributed by atoms with E-state index >= 15 is 0 Å². The largest absolute Gasteiger partial charge is 0.481 e. The fourth-order valence-electron chi connectivity index (χ4n) is 4.48. The van der Waals surface area contributed by atoms with E-state index in [0.717, 1.165) is 45.1 Å². The van der Waals surface area contributed by atoms with Gasteiger partial charge >= 0.3 is 5.97 Å². The zero-order valence-corrected chi connectivity index (χ0v) is 15.1. The normalized spacial score (nSPS) is 25.9. The summed E-state index contributed by atoms with van der Waals surface area (Å²) < 4.78 is 0. The van der Waals surface area contributed by atoms with E-state index in [-0.39, 0.29) is 17.7 Å². The van der Waals surface area contributed by atoms with E-state index in [1.807, 2.05) is 0 Å². The molecule has 0 spiro atoms. The summed E-state index contributed by atoms with van der Waals surface area (Å²) in [6, 6.07) is 8.86. The Bertz CT molecular complexity index is 619. The molecule has 1 unspecified atom stereocenters. The number of rotatable bonds is 5. The van der Waals surface area contributed by atoms with Gasteiger partial charge in [-0.2, -0.15) is 0 Å². The summed E-state index contributed by atoms with van der Waals surface area (Å²) in [4.78, 5) is 26.4. The van der Waals surface area contributed by atoms with Crippen LogP contribution in [-0.2, 0) is 22.4 Å². The fraction of sp³-hybridized carbons (Fsp3) is 0.619. The van der Waals surface area contributed by atoms with Gasteiger partial charge in [-0.1, -0.05) is 31.2 Å². The Labute approximate surface area is 150 Å². The molecule has 0 radical (unpaired) electrons. The molecule has 0 aromatic heterocycles. The van der Waals surface area contributed by atoms with Gasteiger partial charge in [0.15, 0.2) is 0 Å². The SMILES string of the molecule is CCCN(C(=O)C1CCC(C(=O)O)CC1)C1CCc2ccccc2C1. The highest BCUT2D eigenvalue weighted by Gasteiger charge is 2.35. The van der Waals surface area contributed by atoms with Gasteiger partial charge in [0.05, 0.1) is 5.92 Å². The molecule has 1 N–H and O–H groups in total. The van der Waals surface area contributed by atoms with Gasteiger partial charge in [-0.05, 0) is 62.5 Å². The van der Waals surface area contributed by atoms with Gasteiger partial charge in [0, 0.05) is 18.5 Å². The smallest absolute Gasteiger partial charge is 0.306 e. The number of aryl methyl sites for hydroxylation is 1. The molecule has 4 heteroatoms. The Balaban J connectivity index is 1.67. The van der Waals surface area contributed by atoms with E-state index in [1.54, 1.807) is 0 Å². The van der Waals surface area contributed by atoms with E-state index in [0.29, 0.717) is 18.9 Å². The van der Waals surface area contributed by atoms with Crippen molar-refractivity contribution in [1.29, 1.82) is 0 Å². The Morgan fingerprint density at radius 1 is 1.04 bits per heavy atom. The van der Waals surface area contributed by atoms with Crippen LogP contribution < -0.4 is 0 Å². The average molecular weight is 343 g/mol. The first-order valence-corrected chi connectivity index (χ1v) is 9.70. The number of amides is 1. The molecule has 1 aromatic rings. The van der Waals surface area contributed by atoms with Crippen molar-refractivity contribution in [3.8, 4) is 0 Å². The quantitative estimate of drug-likeness (QED) is 0.887. The zero-order chi connectivity index (χ0) is 17.8. The van der Waals surface area contributed by atoms with E-state index in [9.17, 15) is 9.59 Å². The minimum Gasteiger partial charge on any atom is -0.481 e. The van der Waals surface area contributed by atoms with Gasteiger partial charge < -0.3 is 10.0 Å². The van der Waals surface area contributed by atoms with Crippen molar-refractivity contribution in [1.82, 2.24) is 4.90 Å². The highest BCUT2D eigenvalue weighted by atomic mass is 16.4. The van der Waals surface area contributed by atoms with Gasteiger partial charge in [0.25, 0.3) is 0 Å². The molecule has 0 heterocycles. The number of carbonyl (C=O) groups is 2. The summed E-state index contributed by atoms with van der Waals surface area (Å²) in [7, 11) is 0. The van der Waals surface area contributed by atoms with Crippen molar-refractivity contribution in [3.63, 3.8) is 0 Å². The summed E-state index contributed by atoms with van der Waals surface area (Å²) in [6.07, 6.45) is 6.71. The lowest BCUT2D eigenvalue weighted by atomic mass is 9.80. The third kappa shape index (κ3) is 4.05. The van der Waals surface area contributed by atoms with E-state index in [1.165, 1.54) is 11.1 Å². The molecule has 0 saturated heterocycles. The lowest BCUT2D eigenvalue weighted by molar-refractivity contribution is -0.146.